The molecule has 0 aliphatic rings. The Balaban J connectivity index is 2.14. The molecule has 0 aromatic heterocycles. The van der Waals surface area contributed by atoms with Crippen molar-refractivity contribution in [3.63, 3.8) is 0 Å². The molecule has 0 atom stereocenters. The summed E-state index contributed by atoms with van der Waals surface area (Å²) in [6.07, 6.45) is 3.32. The Kier molecular flexibility index (Phi) is 5.74. The van der Waals surface area contributed by atoms with Crippen molar-refractivity contribution in [3.05, 3.63) is 65.7 Å². The second kappa shape index (κ2) is 8.00. The Hall–Kier alpha value is -2.59. The summed E-state index contributed by atoms with van der Waals surface area (Å²) < 4.78 is 15.5. The summed E-state index contributed by atoms with van der Waals surface area (Å²) in [6.45, 7) is 0.123. The molecule has 22 heavy (non-hydrogen) atoms. The van der Waals surface area contributed by atoms with E-state index < -0.39 is 0 Å². The lowest BCUT2D eigenvalue weighted by Crippen LogP contribution is -2.02. The molecule has 0 bridgehead atoms. The molecule has 0 fully saturated rings. The molecule has 0 amide bonds. The van der Waals surface area contributed by atoms with Crippen LogP contribution >= 0.6 is 0 Å². The average Bonchev–Trinajstić information content (AvgIpc) is 2.58. The fraction of sp³-hybridized carbons (Fsp3) is 0.167. The van der Waals surface area contributed by atoms with Crippen molar-refractivity contribution in [2.75, 3.05) is 21.0 Å². The van der Waals surface area contributed by atoms with Gasteiger partial charge in [0.05, 0.1) is 7.11 Å². The summed E-state index contributed by atoms with van der Waals surface area (Å²) in [5, 5.41) is 0. The fourth-order valence-electron chi connectivity index (χ4n) is 1.89. The molecule has 0 aliphatic carbocycles. The number of ketones is 1. The van der Waals surface area contributed by atoms with Gasteiger partial charge in [0.2, 0.25) is 0 Å². The second-order valence-electron chi connectivity index (χ2n) is 4.52. The fourth-order valence-corrected chi connectivity index (χ4v) is 1.89. The number of carbonyl (C=O) groups excluding carboxylic acids is 1. The molecule has 0 unspecified atom stereocenters. The van der Waals surface area contributed by atoms with Crippen molar-refractivity contribution in [3.8, 4) is 11.5 Å². The van der Waals surface area contributed by atoms with E-state index in [4.69, 9.17) is 14.2 Å². The van der Waals surface area contributed by atoms with E-state index in [2.05, 4.69) is 0 Å². The molecule has 0 radical (unpaired) electrons. The van der Waals surface area contributed by atoms with E-state index in [1.54, 1.807) is 37.5 Å². The minimum Gasteiger partial charge on any atom is -0.493 e. The molecule has 4 nitrogen and oxygen atoms in total. The number of allylic oxidation sites excluding steroid dienone is 1. The van der Waals surface area contributed by atoms with Crippen LogP contribution in [0.2, 0.25) is 0 Å². The van der Waals surface area contributed by atoms with E-state index in [1.807, 2.05) is 30.3 Å². The van der Waals surface area contributed by atoms with Crippen molar-refractivity contribution in [2.45, 2.75) is 0 Å². The number of benzene rings is 2. The van der Waals surface area contributed by atoms with Crippen molar-refractivity contribution in [1.82, 2.24) is 0 Å². The van der Waals surface area contributed by atoms with E-state index in [9.17, 15) is 4.79 Å². The maximum atomic E-state index is 12.2. The molecule has 0 saturated carbocycles. The van der Waals surface area contributed by atoms with Gasteiger partial charge in [-0.2, -0.15) is 0 Å². The smallest absolute Gasteiger partial charge is 0.188 e. The minimum absolute atomic E-state index is 0.0968. The lowest BCUT2D eigenvalue weighted by molar-refractivity contribution is 0.0491. The van der Waals surface area contributed by atoms with E-state index in [-0.39, 0.29) is 12.6 Å². The summed E-state index contributed by atoms with van der Waals surface area (Å²) in [5.41, 5.74) is 1.51. The molecule has 114 valence electrons. The van der Waals surface area contributed by atoms with Crippen LogP contribution in [-0.4, -0.2) is 26.8 Å². The number of hydrogen-bond donors (Lipinski definition) is 0. The van der Waals surface area contributed by atoms with Crippen LogP contribution in [0.25, 0.3) is 6.08 Å². The Bertz CT molecular complexity index is 647. The quantitative estimate of drug-likeness (QED) is 0.445. The predicted molar refractivity (Wildman–Crippen MR) is 85.3 cm³/mol. The third-order valence-electron chi connectivity index (χ3n) is 3.01. The zero-order chi connectivity index (χ0) is 15.8. The van der Waals surface area contributed by atoms with Crippen LogP contribution in [0, 0.1) is 0 Å². The first kappa shape index (κ1) is 15.8. The summed E-state index contributed by atoms with van der Waals surface area (Å²) in [5.74, 6) is 0.935. The number of hydrogen-bond acceptors (Lipinski definition) is 4. The van der Waals surface area contributed by atoms with Crippen molar-refractivity contribution in [2.24, 2.45) is 0 Å². The highest BCUT2D eigenvalue weighted by molar-refractivity contribution is 6.07. The van der Waals surface area contributed by atoms with Gasteiger partial charge in [0.15, 0.2) is 24.1 Å². The van der Waals surface area contributed by atoms with Crippen molar-refractivity contribution in [1.29, 1.82) is 0 Å². The molecule has 4 heteroatoms. The van der Waals surface area contributed by atoms with Crippen LogP contribution in [0.1, 0.15) is 15.9 Å². The summed E-state index contributed by atoms with van der Waals surface area (Å²) in [4.78, 5) is 12.2. The molecule has 2 aromatic carbocycles. The zero-order valence-corrected chi connectivity index (χ0v) is 12.6. The van der Waals surface area contributed by atoms with Crippen LogP contribution in [0.3, 0.4) is 0 Å². The molecule has 0 N–H and O–H groups in total. The van der Waals surface area contributed by atoms with Gasteiger partial charge in [0, 0.05) is 12.7 Å². The van der Waals surface area contributed by atoms with Gasteiger partial charge in [-0.1, -0.05) is 36.4 Å². The number of rotatable bonds is 7. The molecule has 0 spiro atoms. The van der Waals surface area contributed by atoms with Crippen molar-refractivity contribution < 1.29 is 19.0 Å². The molecular formula is C18H18O4. The predicted octanol–water partition coefficient (Wildman–Crippen LogP) is 3.57. The first-order valence-electron chi connectivity index (χ1n) is 6.82. The largest absolute Gasteiger partial charge is 0.493 e. The second-order valence-corrected chi connectivity index (χ2v) is 4.52. The highest BCUT2D eigenvalue weighted by Gasteiger charge is 2.09. The van der Waals surface area contributed by atoms with Crippen LogP contribution in [0.4, 0.5) is 0 Å². The Labute approximate surface area is 129 Å². The lowest BCUT2D eigenvalue weighted by Gasteiger charge is -2.10. The number of carbonyl (C=O) groups is 1. The van der Waals surface area contributed by atoms with Crippen molar-refractivity contribution >= 4 is 11.9 Å². The lowest BCUT2D eigenvalue weighted by atomic mass is 10.1. The van der Waals surface area contributed by atoms with Crippen LogP contribution in [-0.2, 0) is 4.74 Å². The van der Waals surface area contributed by atoms with Crippen LogP contribution in [0.5, 0.6) is 11.5 Å². The zero-order valence-electron chi connectivity index (χ0n) is 12.6. The van der Waals surface area contributed by atoms with Gasteiger partial charge in [-0.3, -0.25) is 4.79 Å². The van der Waals surface area contributed by atoms with Gasteiger partial charge in [0.1, 0.15) is 0 Å². The standard InChI is InChI=1S/C18H18O4/c1-20-13-22-17-11-9-15(12-18(17)21-2)16(19)10-8-14-6-4-3-5-7-14/h3-12H,13H2,1-2H3. The average molecular weight is 298 g/mol. The topological polar surface area (TPSA) is 44.8 Å². The van der Waals surface area contributed by atoms with Gasteiger partial charge in [-0.05, 0) is 29.8 Å². The van der Waals surface area contributed by atoms with E-state index in [0.717, 1.165) is 5.56 Å². The highest BCUT2D eigenvalue weighted by Crippen LogP contribution is 2.28. The summed E-state index contributed by atoms with van der Waals surface area (Å²) in [7, 11) is 3.07. The van der Waals surface area contributed by atoms with Gasteiger partial charge >= 0.3 is 0 Å². The third-order valence-corrected chi connectivity index (χ3v) is 3.01. The van der Waals surface area contributed by atoms with Crippen LogP contribution < -0.4 is 9.47 Å². The van der Waals surface area contributed by atoms with Gasteiger partial charge < -0.3 is 14.2 Å². The van der Waals surface area contributed by atoms with E-state index in [1.165, 1.54) is 7.11 Å². The molecule has 0 heterocycles. The SMILES string of the molecule is COCOc1ccc(C(=O)C=Cc2ccccc2)cc1OC. The minimum atomic E-state index is -0.0968. The molecule has 2 rings (SSSR count). The normalized spacial score (nSPS) is 10.6. The summed E-state index contributed by atoms with van der Waals surface area (Å²) >= 11 is 0. The Morgan fingerprint density at radius 2 is 1.82 bits per heavy atom. The maximum Gasteiger partial charge on any atom is 0.188 e. The molecule has 0 aliphatic heterocycles. The van der Waals surface area contributed by atoms with Gasteiger partial charge in [-0.25, -0.2) is 0 Å². The Morgan fingerprint density at radius 3 is 2.50 bits per heavy atom. The molecular weight excluding hydrogens is 280 g/mol. The Morgan fingerprint density at radius 1 is 1.05 bits per heavy atom. The van der Waals surface area contributed by atoms with E-state index in [0.29, 0.717) is 17.1 Å². The number of ether oxygens (including phenoxy) is 3. The maximum absolute atomic E-state index is 12.2. The summed E-state index contributed by atoms with van der Waals surface area (Å²) in [6, 6.07) is 14.7. The molecule has 0 saturated heterocycles. The van der Waals surface area contributed by atoms with Gasteiger partial charge in [0.25, 0.3) is 0 Å². The third kappa shape index (κ3) is 4.20. The highest BCUT2D eigenvalue weighted by atomic mass is 16.7. The number of methoxy groups -OCH3 is 2. The first-order chi connectivity index (χ1) is 10.7. The monoisotopic (exact) mass is 298 g/mol. The first-order valence-corrected chi connectivity index (χ1v) is 6.82. The van der Waals surface area contributed by atoms with Gasteiger partial charge in [-0.15, -0.1) is 0 Å². The molecule has 2 aromatic rings. The van der Waals surface area contributed by atoms with E-state index >= 15 is 0 Å². The van der Waals surface area contributed by atoms with Crippen LogP contribution in [0.15, 0.2) is 54.6 Å².